The van der Waals surface area contributed by atoms with Gasteiger partial charge in [-0.15, -0.1) is 0 Å². The number of rotatable bonds is 5. The Morgan fingerprint density at radius 2 is 2.20 bits per heavy atom. The van der Waals surface area contributed by atoms with Crippen molar-refractivity contribution in [3.63, 3.8) is 0 Å². The normalized spacial score (nSPS) is 21.2. The number of hydrogen-bond acceptors (Lipinski definition) is 4. The maximum Gasteiger partial charge on any atom is 0.137 e. The van der Waals surface area contributed by atoms with Gasteiger partial charge >= 0.3 is 0 Å². The Hall–Kier alpha value is -2.24. The summed E-state index contributed by atoms with van der Waals surface area (Å²) < 4.78 is 2.17. The summed E-state index contributed by atoms with van der Waals surface area (Å²) in [4.78, 5) is 11.3. The minimum Gasteiger partial charge on any atom is -0.311 e. The van der Waals surface area contributed by atoms with Crippen LogP contribution in [0.1, 0.15) is 29.3 Å². The molecule has 0 bridgehead atoms. The first kappa shape index (κ1) is 16.2. The van der Waals surface area contributed by atoms with Gasteiger partial charge in [-0.1, -0.05) is 6.07 Å². The van der Waals surface area contributed by atoms with Crippen molar-refractivity contribution in [1.29, 1.82) is 0 Å². The van der Waals surface area contributed by atoms with Crippen LogP contribution in [0.5, 0.6) is 0 Å². The fraction of sp³-hybridized carbons (Fsp3) is 0.400. The van der Waals surface area contributed by atoms with E-state index < -0.39 is 0 Å². The van der Waals surface area contributed by atoms with E-state index in [1.165, 1.54) is 23.2 Å². The third kappa shape index (κ3) is 3.30. The van der Waals surface area contributed by atoms with Crippen molar-refractivity contribution in [2.24, 2.45) is 5.92 Å². The van der Waals surface area contributed by atoms with Crippen LogP contribution in [0.2, 0.25) is 0 Å². The third-order valence-electron chi connectivity index (χ3n) is 5.26. The Morgan fingerprint density at radius 3 is 3.04 bits per heavy atom. The molecular formula is C20H25N5. The predicted molar refractivity (Wildman–Crippen MR) is 99.4 cm³/mol. The third-order valence-corrected chi connectivity index (χ3v) is 5.26. The molecule has 0 radical (unpaired) electrons. The summed E-state index contributed by atoms with van der Waals surface area (Å²) in [5, 5.41) is 3.65. The largest absolute Gasteiger partial charge is 0.311 e. The lowest BCUT2D eigenvalue weighted by Crippen LogP contribution is -2.28. The van der Waals surface area contributed by atoms with Crippen LogP contribution in [0.25, 0.3) is 5.65 Å². The van der Waals surface area contributed by atoms with Gasteiger partial charge in [-0.25, -0.2) is 4.98 Å². The van der Waals surface area contributed by atoms with Gasteiger partial charge < -0.3 is 9.72 Å². The van der Waals surface area contributed by atoms with Crippen molar-refractivity contribution in [1.82, 2.24) is 24.6 Å². The first-order chi connectivity index (χ1) is 12.2. The molecule has 25 heavy (non-hydrogen) atoms. The van der Waals surface area contributed by atoms with E-state index in [-0.39, 0.29) is 0 Å². The molecule has 4 heterocycles. The molecule has 4 rings (SSSR count). The molecule has 130 valence electrons. The Balaban J connectivity index is 1.42. The zero-order valence-corrected chi connectivity index (χ0v) is 14.9. The van der Waals surface area contributed by atoms with E-state index in [9.17, 15) is 0 Å². The van der Waals surface area contributed by atoms with E-state index in [1.54, 1.807) is 0 Å². The molecule has 0 aromatic carbocycles. The number of aromatic nitrogens is 3. The number of pyridine rings is 2. The molecule has 0 spiro atoms. The van der Waals surface area contributed by atoms with Crippen LogP contribution in [-0.4, -0.2) is 39.4 Å². The van der Waals surface area contributed by atoms with Crippen molar-refractivity contribution < 1.29 is 0 Å². The molecule has 1 N–H and O–H groups in total. The summed E-state index contributed by atoms with van der Waals surface area (Å²) in [5.74, 6) is 0.607. The standard InChI is InChI=1S/C20H25N5/c1-15-5-9-25-18(14-23-19(25)10-15)13-22-12-17-6-8-24(2)20(17)16-4-3-7-21-11-16/h3-5,7,9-11,14,17,20,22H,6,8,12-13H2,1-2H3/t17-,20-/m0/s1. The molecule has 0 amide bonds. The van der Waals surface area contributed by atoms with Gasteiger partial charge in [-0.3, -0.25) is 9.88 Å². The molecule has 0 unspecified atom stereocenters. The van der Waals surface area contributed by atoms with Crippen LogP contribution in [0, 0.1) is 12.8 Å². The molecule has 5 nitrogen and oxygen atoms in total. The van der Waals surface area contributed by atoms with Gasteiger partial charge in [0.2, 0.25) is 0 Å². The maximum atomic E-state index is 4.51. The molecule has 1 fully saturated rings. The summed E-state index contributed by atoms with van der Waals surface area (Å²) in [6.07, 6.45) is 9.15. The summed E-state index contributed by atoms with van der Waals surface area (Å²) in [6, 6.07) is 8.92. The van der Waals surface area contributed by atoms with E-state index in [1.807, 2.05) is 24.7 Å². The average Bonchev–Trinajstić information content (AvgIpc) is 3.19. The van der Waals surface area contributed by atoms with Gasteiger partial charge in [-0.2, -0.15) is 0 Å². The van der Waals surface area contributed by atoms with Crippen molar-refractivity contribution >= 4 is 5.65 Å². The van der Waals surface area contributed by atoms with Gasteiger partial charge in [0.15, 0.2) is 0 Å². The predicted octanol–water partition coefficient (Wildman–Crippen LogP) is 2.82. The number of fused-ring (bicyclic) bond motifs is 1. The van der Waals surface area contributed by atoms with Gasteiger partial charge in [0.1, 0.15) is 5.65 Å². The minimum absolute atomic E-state index is 0.450. The highest BCUT2D eigenvalue weighted by Gasteiger charge is 2.32. The van der Waals surface area contributed by atoms with Crippen molar-refractivity contribution in [2.45, 2.75) is 25.9 Å². The average molecular weight is 335 g/mol. The number of imidazole rings is 1. The first-order valence-corrected chi connectivity index (χ1v) is 8.96. The fourth-order valence-corrected chi connectivity index (χ4v) is 3.97. The maximum absolute atomic E-state index is 4.51. The summed E-state index contributed by atoms with van der Waals surface area (Å²) in [5.41, 5.74) is 4.79. The summed E-state index contributed by atoms with van der Waals surface area (Å²) in [7, 11) is 2.21. The Kier molecular flexibility index (Phi) is 4.51. The summed E-state index contributed by atoms with van der Waals surface area (Å²) >= 11 is 0. The molecule has 3 aromatic heterocycles. The lowest BCUT2D eigenvalue weighted by atomic mass is 9.95. The van der Waals surface area contributed by atoms with Gasteiger partial charge in [0.05, 0.1) is 11.9 Å². The van der Waals surface area contributed by atoms with E-state index in [4.69, 9.17) is 0 Å². The van der Waals surface area contributed by atoms with E-state index in [0.717, 1.165) is 25.3 Å². The molecule has 0 aliphatic carbocycles. The van der Waals surface area contributed by atoms with Crippen LogP contribution < -0.4 is 5.32 Å². The molecule has 2 atom stereocenters. The SMILES string of the molecule is Cc1ccn2c(CNC[C@@H]3CCN(C)[C@H]3c3cccnc3)cnc2c1. The zero-order chi connectivity index (χ0) is 17.2. The van der Waals surface area contributed by atoms with Gasteiger partial charge in [-0.05, 0) is 62.2 Å². The van der Waals surface area contributed by atoms with E-state index >= 15 is 0 Å². The molecular weight excluding hydrogens is 310 g/mol. The van der Waals surface area contributed by atoms with Crippen molar-refractivity contribution in [3.8, 4) is 0 Å². The van der Waals surface area contributed by atoms with Crippen LogP contribution in [0.4, 0.5) is 0 Å². The second-order valence-electron chi connectivity index (χ2n) is 7.07. The van der Waals surface area contributed by atoms with E-state index in [2.05, 4.69) is 63.0 Å². The highest BCUT2D eigenvalue weighted by molar-refractivity contribution is 5.42. The monoisotopic (exact) mass is 335 g/mol. The molecule has 5 heteroatoms. The minimum atomic E-state index is 0.450. The molecule has 1 aliphatic rings. The van der Waals surface area contributed by atoms with Crippen LogP contribution in [-0.2, 0) is 6.54 Å². The highest BCUT2D eigenvalue weighted by atomic mass is 15.2. The smallest absolute Gasteiger partial charge is 0.137 e. The topological polar surface area (TPSA) is 45.5 Å². The van der Waals surface area contributed by atoms with Crippen LogP contribution in [0.15, 0.2) is 49.1 Å². The number of aryl methyl sites for hydroxylation is 1. The molecule has 0 saturated carbocycles. The summed E-state index contributed by atoms with van der Waals surface area (Å²) in [6.45, 7) is 5.08. The van der Waals surface area contributed by atoms with Gasteiger partial charge in [0, 0.05) is 37.7 Å². The lowest BCUT2D eigenvalue weighted by molar-refractivity contribution is 0.271. The molecule has 1 aliphatic heterocycles. The zero-order valence-electron chi connectivity index (χ0n) is 14.9. The number of likely N-dealkylation sites (tertiary alicyclic amines) is 1. The first-order valence-electron chi connectivity index (χ1n) is 8.96. The van der Waals surface area contributed by atoms with Crippen molar-refractivity contribution in [2.75, 3.05) is 20.1 Å². The number of nitrogens with zero attached hydrogens (tertiary/aromatic N) is 4. The van der Waals surface area contributed by atoms with E-state index in [0.29, 0.717) is 12.0 Å². The Morgan fingerprint density at radius 1 is 1.28 bits per heavy atom. The van der Waals surface area contributed by atoms with Gasteiger partial charge in [0.25, 0.3) is 0 Å². The Labute approximate surface area is 148 Å². The number of hydrogen-bond donors (Lipinski definition) is 1. The second kappa shape index (κ2) is 6.94. The molecule has 3 aromatic rings. The Bertz CT molecular complexity index is 842. The second-order valence-corrected chi connectivity index (χ2v) is 7.07. The van der Waals surface area contributed by atoms with Crippen LogP contribution in [0.3, 0.4) is 0 Å². The highest BCUT2D eigenvalue weighted by Crippen LogP contribution is 2.35. The molecule has 1 saturated heterocycles. The van der Waals surface area contributed by atoms with Crippen LogP contribution >= 0.6 is 0 Å². The van der Waals surface area contributed by atoms with Crippen molar-refractivity contribution in [3.05, 3.63) is 65.9 Å². The number of nitrogens with one attached hydrogen (secondary N) is 1. The quantitative estimate of drug-likeness (QED) is 0.779. The fourth-order valence-electron chi connectivity index (χ4n) is 3.97. The lowest BCUT2D eigenvalue weighted by Gasteiger charge is -2.25.